The van der Waals surface area contributed by atoms with E-state index >= 15 is 26.3 Å². The van der Waals surface area contributed by atoms with Crippen molar-refractivity contribution in [2.75, 3.05) is 0 Å². The Morgan fingerprint density at radius 3 is 0.543 bits per heavy atom. The molecule has 238 valence electrons. The average molecular weight is 662 g/mol. The maximum Gasteiger partial charge on any atom is 0.417 e. The molecular weight excluding hydrogens is 650 g/mol. The van der Waals surface area contributed by atoms with E-state index in [1.165, 1.54) is 0 Å². The summed E-state index contributed by atoms with van der Waals surface area (Å²) in [4.78, 5) is 0. The summed E-state index contributed by atoms with van der Waals surface area (Å²) in [6.07, 6.45) is -11.8. The first kappa shape index (κ1) is 32.5. The van der Waals surface area contributed by atoms with Crippen LogP contribution >= 0.6 is 0 Å². The molecule has 0 atom stereocenters. The zero-order valence-corrected chi connectivity index (χ0v) is 22.2. The van der Waals surface area contributed by atoms with Crippen LogP contribution in [0.2, 0.25) is 0 Å². The topological polar surface area (TPSA) is 0 Å². The van der Waals surface area contributed by atoms with Crippen LogP contribution in [0.15, 0.2) is 72.8 Å². The Morgan fingerprint density at radius 1 is 0.261 bits per heavy atom. The van der Waals surface area contributed by atoms with Crippen molar-refractivity contribution in [3.63, 3.8) is 0 Å². The Kier molecular flexibility index (Phi) is 8.12. The first-order chi connectivity index (χ1) is 21.3. The summed E-state index contributed by atoms with van der Waals surface area (Å²) >= 11 is 0. The molecule has 0 N–H and O–H groups in total. The normalized spacial score (nSPS) is 12.1. The first-order valence-electron chi connectivity index (χ1n) is 12.6. The van der Waals surface area contributed by atoms with Gasteiger partial charge in [0.25, 0.3) is 0 Å². The van der Waals surface area contributed by atoms with Crippen molar-refractivity contribution < 1.29 is 61.5 Å². The highest BCUT2D eigenvalue weighted by Crippen LogP contribution is 2.57. The zero-order valence-electron chi connectivity index (χ0n) is 22.2. The van der Waals surface area contributed by atoms with E-state index in [0.29, 0.717) is 0 Å². The third kappa shape index (κ3) is 6.28. The highest BCUT2D eigenvalue weighted by Gasteiger charge is 2.47. The summed E-state index contributed by atoms with van der Waals surface area (Å²) in [5, 5.41) is 0. The van der Waals surface area contributed by atoms with Crippen LogP contribution in [-0.4, -0.2) is 0 Å². The molecule has 14 heteroatoms. The van der Waals surface area contributed by atoms with E-state index < -0.39 is 115 Å². The molecule has 0 unspecified atom stereocenters. The SMILES string of the molecule is Fc1cc(F)cc(-c2c(-c3cc(F)cc(F)c3)c(C(F)(F)F)c(-c3cc(F)cc(F)c3)c(-c3cc(F)cc(F)c3)c2C(F)(F)F)c1. The molecule has 46 heavy (non-hydrogen) atoms. The van der Waals surface area contributed by atoms with Crippen molar-refractivity contribution in [1.82, 2.24) is 0 Å². The van der Waals surface area contributed by atoms with E-state index in [2.05, 4.69) is 0 Å². The number of benzene rings is 5. The molecule has 0 aliphatic heterocycles. The second-order valence-electron chi connectivity index (χ2n) is 9.88. The molecule has 0 heterocycles. The third-order valence-corrected chi connectivity index (χ3v) is 6.67. The number of hydrogen-bond acceptors (Lipinski definition) is 0. The second kappa shape index (κ2) is 11.5. The molecule has 0 aliphatic carbocycles. The Bertz CT molecular complexity index is 1650. The molecule has 0 aliphatic rings. The van der Waals surface area contributed by atoms with Gasteiger partial charge in [0, 0.05) is 46.5 Å². The van der Waals surface area contributed by atoms with Crippen LogP contribution in [-0.2, 0) is 12.4 Å². The standard InChI is InChI=1S/C32H12F14/c33-17-1-13(2-18(34)9-17)25-26(14-3-19(35)10-20(36)4-14)30(32(44,45)46)28(16-7-23(39)12-24(40)8-16)27(29(25)31(41,42)43)15-5-21(37)11-22(38)6-15/h1-12H. The molecule has 0 nitrogen and oxygen atoms in total. The number of rotatable bonds is 4. The minimum atomic E-state index is -5.89. The molecule has 0 saturated carbocycles. The van der Waals surface area contributed by atoms with Crippen molar-refractivity contribution in [3.05, 3.63) is 130 Å². The van der Waals surface area contributed by atoms with Crippen LogP contribution in [0, 0.1) is 46.5 Å². The number of halogens is 14. The summed E-state index contributed by atoms with van der Waals surface area (Å²) < 4.78 is 207. The number of alkyl halides is 6. The van der Waals surface area contributed by atoms with E-state index in [1.807, 2.05) is 0 Å². The lowest BCUT2D eigenvalue weighted by atomic mass is 9.76. The van der Waals surface area contributed by atoms with Crippen LogP contribution < -0.4 is 0 Å². The molecule has 5 aromatic rings. The van der Waals surface area contributed by atoms with Gasteiger partial charge in [0.15, 0.2) is 0 Å². The van der Waals surface area contributed by atoms with Gasteiger partial charge in [-0.1, -0.05) is 0 Å². The molecule has 5 aromatic carbocycles. The minimum Gasteiger partial charge on any atom is -0.207 e. The van der Waals surface area contributed by atoms with Crippen molar-refractivity contribution in [3.8, 4) is 44.5 Å². The van der Waals surface area contributed by atoms with Gasteiger partial charge in [0.2, 0.25) is 0 Å². The molecule has 0 amide bonds. The molecule has 0 bridgehead atoms. The van der Waals surface area contributed by atoms with Gasteiger partial charge in [-0.05, 0) is 70.8 Å². The molecular formula is C32H12F14. The van der Waals surface area contributed by atoms with E-state index in [1.54, 1.807) is 0 Å². The van der Waals surface area contributed by atoms with Crippen molar-refractivity contribution in [2.45, 2.75) is 12.4 Å². The summed E-state index contributed by atoms with van der Waals surface area (Å²) in [5.41, 5.74) is -16.3. The van der Waals surface area contributed by atoms with Crippen LogP contribution in [0.5, 0.6) is 0 Å². The van der Waals surface area contributed by atoms with Gasteiger partial charge < -0.3 is 0 Å². The van der Waals surface area contributed by atoms with E-state index in [9.17, 15) is 35.1 Å². The summed E-state index contributed by atoms with van der Waals surface area (Å²) in [5.74, 6) is -12.8. The average Bonchev–Trinajstić information content (AvgIpc) is 2.88. The number of hydrogen-bond donors (Lipinski definition) is 0. The Morgan fingerprint density at radius 2 is 0.413 bits per heavy atom. The van der Waals surface area contributed by atoms with Gasteiger partial charge in [-0.15, -0.1) is 0 Å². The van der Waals surface area contributed by atoms with Crippen LogP contribution in [0.4, 0.5) is 61.5 Å². The van der Waals surface area contributed by atoms with Gasteiger partial charge in [0.1, 0.15) is 46.5 Å². The fourth-order valence-electron chi connectivity index (χ4n) is 5.26. The Labute approximate surface area is 249 Å². The largest absolute Gasteiger partial charge is 0.417 e. The molecule has 0 radical (unpaired) electrons. The van der Waals surface area contributed by atoms with Crippen molar-refractivity contribution >= 4 is 0 Å². The molecule has 0 aromatic heterocycles. The Hall–Kier alpha value is -4.88. The fraction of sp³-hybridized carbons (Fsp3) is 0.0625. The van der Waals surface area contributed by atoms with Crippen LogP contribution in [0.3, 0.4) is 0 Å². The lowest BCUT2D eigenvalue weighted by molar-refractivity contribution is -0.139. The van der Waals surface area contributed by atoms with Gasteiger partial charge in [-0.3, -0.25) is 0 Å². The third-order valence-electron chi connectivity index (χ3n) is 6.67. The highest BCUT2D eigenvalue weighted by atomic mass is 19.4. The molecule has 5 rings (SSSR count). The van der Waals surface area contributed by atoms with E-state index in [-0.39, 0.29) is 72.8 Å². The molecule has 0 spiro atoms. The van der Waals surface area contributed by atoms with E-state index in [0.717, 1.165) is 0 Å². The van der Waals surface area contributed by atoms with Gasteiger partial charge in [0.05, 0.1) is 11.1 Å². The lowest BCUT2D eigenvalue weighted by Gasteiger charge is -2.29. The minimum absolute atomic E-state index is 0.162. The predicted molar refractivity (Wildman–Crippen MR) is 138 cm³/mol. The van der Waals surface area contributed by atoms with Gasteiger partial charge in [-0.25, -0.2) is 35.1 Å². The lowest BCUT2D eigenvalue weighted by Crippen LogP contribution is -2.19. The first-order valence-corrected chi connectivity index (χ1v) is 12.6. The smallest absolute Gasteiger partial charge is 0.207 e. The predicted octanol–water partition coefficient (Wildman–Crippen LogP) is 11.5. The molecule has 0 fully saturated rings. The monoisotopic (exact) mass is 662 g/mol. The summed E-state index contributed by atoms with van der Waals surface area (Å²) in [6, 6.07) is 2.13. The van der Waals surface area contributed by atoms with Crippen LogP contribution in [0.25, 0.3) is 44.5 Å². The van der Waals surface area contributed by atoms with Gasteiger partial charge >= 0.3 is 12.4 Å². The van der Waals surface area contributed by atoms with Crippen molar-refractivity contribution in [2.24, 2.45) is 0 Å². The quantitative estimate of drug-likeness (QED) is 0.168. The van der Waals surface area contributed by atoms with Gasteiger partial charge in [-0.2, -0.15) is 26.3 Å². The fourth-order valence-corrected chi connectivity index (χ4v) is 5.26. The maximum absolute atomic E-state index is 15.3. The summed E-state index contributed by atoms with van der Waals surface area (Å²) in [7, 11) is 0. The maximum atomic E-state index is 15.3. The zero-order chi connectivity index (χ0) is 33.9. The Balaban J connectivity index is 2.25. The molecule has 0 saturated heterocycles. The van der Waals surface area contributed by atoms with Crippen LogP contribution in [0.1, 0.15) is 11.1 Å². The van der Waals surface area contributed by atoms with E-state index in [4.69, 9.17) is 0 Å². The highest BCUT2D eigenvalue weighted by molar-refractivity contribution is 6.02. The second-order valence-corrected chi connectivity index (χ2v) is 9.88. The van der Waals surface area contributed by atoms with Crippen molar-refractivity contribution in [1.29, 1.82) is 0 Å². The summed E-state index contributed by atoms with van der Waals surface area (Å²) in [6.45, 7) is 0.